The lowest BCUT2D eigenvalue weighted by molar-refractivity contribution is 0.0951. The molecule has 3 rings (SSSR count). The van der Waals surface area contributed by atoms with Crippen molar-refractivity contribution in [3.63, 3.8) is 0 Å². The van der Waals surface area contributed by atoms with Crippen molar-refractivity contribution < 1.29 is 13.2 Å². The molecule has 0 bridgehead atoms. The van der Waals surface area contributed by atoms with E-state index in [0.717, 1.165) is 5.56 Å². The minimum absolute atomic E-state index is 0.0370. The Bertz CT molecular complexity index is 1050. The average Bonchev–Trinajstić information content (AvgIpc) is 3.13. The van der Waals surface area contributed by atoms with E-state index in [9.17, 15) is 13.2 Å². The van der Waals surface area contributed by atoms with Gasteiger partial charge in [-0.3, -0.25) is 9.52 Å². The number of nitrogens with one attached hydrogen (secondary N) is 2. The van der Waals surface area contributed by atoms with Crippen LogP contribution in [0.4, 0.5) is 5.13 Å². The zero-order valence-electron chi connectivity index (χ0n) is 13.6. The Hall–Kier alpha value is -2.13. The van der Waals surface area contributed by atoms with Gasteiger partial charge in [-0.05, 0) is 42.0 Å². The van der Waals surface area contributed by atoms with Crippen LogP contribution in [-0.4, -0.2) is 19.3 Å². The molecule has 0 aliphatic heterocycles. The molecule has 0 saturated carbocycles. The molecule has 0 spiro atoms. The molecule has 6 nitrogen and oxygen atoms in total. The van der Waals surface area contributed by atoms with Crippen LogP contribution in [0.5, 0.6) is 0 Å². The van der Waals surface area contributed by atoms with Gasteiger partial charge in [-0.15, -0.1) is 11.3 Å². The maximum absolute atomic E-state index is 12.3. The number of halogens is 2. The minimum atomic E-state index is -3.75. The van der Waals surface area contributed by atoms with Crippen LogP contribution in [0.1, 0.15) is 15.9 Å². The zero-order chi connectivity index (χ0) is 19.4. The molecular formula is C17H13Cl2N3O3S2. The molecule has 1 heterocycles. The van der Waals surface area contributed by atoms with E-state index in [-0.39, 0.29) is 22.5 Å². The first-order valence-electron chi connectivity index (χ1n) is 7.60. The maximum atomic E-state index is 12.3. The van der Waals surface area contributed by atoms with Gasteiger partial charge in [0, 0.05) is 33.7 Å². The fourth-order valence-electron chi connectivity index (χ4n) is 2.18. The molecule has 0 aliphatic carbocycles. The SMILES string of the molecule is O=C(NCc1ccc(Cl)cc1Cl)c1ccc(S(=O)(=O)Nc2nccs2)cc1. The van der Waals surface area contributed by atoms with Crippen LogP contribution in [0.2, 0.25) is 10.0 Å². The number of sulfonamides is 1. The van der Waals surface area contributed by atoms with Crippen LogP contribution in [0, 0.1) is 0 Å². The van der Waals surface area contributed by atoms with Gasteiger partial charge in [0.15, 0.2) is 5.13 Å². The average molecular weight is 442 g/mol. The number of anilines is 1. The van der Waals surface area contributed by atoms with E-state index in [0.29, 0.717) is 15.6 Å². The van der Waals surface area contributed by atoms with Crippen molar-refractivity contribution in [3.8, 4) is 0 Å². The highest BCUT2D eigenvalue weighted by Crippen LogP contribution is 2.21. The van der Waals surface area contributed by atoms with Crippen molar-refractivity contribution in [2.24, 2.45) is 0 Å². The number of carbonyl (C=O) groups is 1. The molecule has 0 saturated heterocycles. The second kappa shape index (κ2) is 8.26. The van der Waals surface area contributed by atoms with Gasteiger partial charge < -0.3 is 5.32 Å². The molecule has 3 aromatic rings. The lowest BCUT2D eigenvalue weighted by Crippen LogP contribution is -2.23. The van der Waals surface area contributed by atoms with Crippen LogP contribution in [0.25, 0.3) is 0 Å². The molecule has 27 heavy (non-hydrogen) atoms. The number of nitrogens with zero attached hydrogens (tertiary/aromatic N) is 1. The van der Waals surface area contributed by atoms with E-state index in [1.807, 2.05) is 0 Å². The Morgan fingerprint density at radius 2 is 1.85 bits per heavy atom. The summed E-state index contributed by atoms with van der Waals surface area (Å²) in [5.41, 5.74) is 1.05. The second-order valence-electron chi connectivity index (χ2n) is 5.39. The first-order valence-corrected chi connectivity index (χ1v) is 10.7. The van der Waals surface area contributed by atoms with Gasteiger partial charge in [0.05, 0.1) is 4.90 Å². The fourth-order valence-corrected chi connectivity index (χ4v) is 4.44. The highest BCUT2D eigenvalue weighted by atomic mass is 35.5. The number of amides is 1. The van der Waals surface area contributed by atoms with E-state index in [4.69, 9.17) is 23.2 Å². The Morgan fingerprint density at radius 3 is 2.48 bits per heavy atom. The Morgan fingerprint density at radius 1 is 1.11 bits per heavy atom. The maximum Gasteiger partial charge on any atom is 0.263 e. The molecule has 0 radical (unpaired) electrons. The van der Waals surface area contributed by atoms with Crippen LogP contribution >= 0.6 is 34.5 Å². The zero-order valence-corrected chi connectivity index (χ0v) is 16.8. The summed E-state index contributed by atoms with van der Waals surface area (Å²) in [7, 11) is -3.75. The van der Waals surface area contributed by atoms with Gasteiger partial charge in [0.25, 0.3) is 15.9 Å². The monoisotopic (exact) mass is 441 g/mol. The molecule has 0 unspecified atom stereocenters. The van der Waals surface area contributed by atoms with Crippen LogP contribution < -0.4 is 10.0 Å². The molecule has 0 fully saturated rings. The summed E-state index contributed by atoms with van der Waals surface area (Å²) < 4.78 is 26.9. The van der Waals surface area contributed by atoms with E-state index in [2.05, 4.69) is 15.0 Å². The van der Waals surface area contributed by atoms with E-state index in [1.165, 1.54) is 41.8 Å². The van der Waals surface area contributed by atoms with E-state index in [1.54, 1.807) is 23.6 Å². The predicted octanol–water partition coefficient (Wildman–Crippen LogP) is 4.18. The number of hydrogen-bond acceptors (Lipinski definition) is 5. The second-order valence-corrected chi connectivity index (χ2v) is 8.81. The highest BCUT2D eigenvalue weighted by molar-refractivity contribution is 7.93. The molecular weight excluding hydrogens is 429 g/mol. The third kappa shape index (κ3) is 4.98. The Labute approximate surface area is 170 Å². The molecule has 10 heteroatoms. The number of hydrogen-bond donors (Lipinski definition) is 2. The molecule has 1 aromatic heterocycles. The summed E-state index contributed by atoms with van der Waals surface area (Å²) >= 11 is 13.1. The molecule has 2 N–H and O–H groups in total. The van der Waals surface area contributed by atoms with Gasteiger partial charge in [0.2, 0.25) is 0 Å². The lowest BCUT2D eigenvalue weighted by Gasteiger charge is -2.09. The molecule has 0 aliphatic rings. The third-order valence-electron chi connectivity index (χ3n) is 3.54. The van der Waals surface area contributed by atoms with Gasteiger partial charge in [-0.1, -0.05) is 29.3 Å². The van der Waals surface area contributed by atoms with Gasteiger partial charge in [0.1, 0.15) is 0 Å². The van der Waals surface area contributed by atoms with Crippen LogP contribution in [0.3, 0.4) is 0 Å². The van der Waals surface area contributed by atoms with Gasteiger partial charge in [-0.2, -0.15) is 0 Å². The van der Waals surface area contributed by atoms with Gasteiger partial charge >= 0.3 is 0 Å². The predicted molar refractivity (Wildman–Crippen MR) is 107 cm³/mol. The van der Waals surface area contributed by atoms with Crippen molar-refractivity contribution in [2.45, 2.75) is 11.4 Å². The smallest absolute Gasteiger partial charge is 0.263 e. The third-order valence-corrected chi connectivity index (χ3v) is 6.29. The Kier molecular flexibility index (Phi) is 6.01. The van der Waals surface area contributed by atoms with Crippen molar-refractivity contribution >= 4 is 55.6 Å². The number of benzene rings is 2. The van der Waals surface area contributed by atoms with Crippen LogP contribution in [0.15, 0.2) is 58.9 Å². The minimum Gasteiger partial charge on any atom is -0.348 e. The van der Waals surface area contributed by atoms with Crippen LogP contribution in [-0.2, 0) is 16.6 Å². The van der Waals surface area contributed by atoms with Crippen molar-refractivity contribution in [1.82, 2.24) is 10.3 Å². The first-order chi connectivity index (χ1) is 12.8. The summed E-state index contributed by atoms with van der Waals surface area (Å²) in [6, 6.07) is 10.6. The summed E-state index contributed by atoms with van der Waals surface area (Å²) in [4.78, 5) is 16.2. The van der Waals surface area contributed by atoms with Crippen molar-refractivity contribution in [3.05, 3.63) is 75.2 Å². The normalized spacial score (nSPS) is 11.2. The lowest BCUT2D eigenvalue weighted by atomic mass is 10.2. The van der Waals surface area contributed by atoms with Crippen molar-refractivity contribution in [1.29, 1.82) is 0 Å². The molecule has 2 aromatic carbocycles. The fraction of sp³-hybridized carbons (Fsp3) is 0.0588. The van der Waals surface area contributed by atoms with E-state index < -0.39 is 10.0 Å². The first kappa shape index (κ1) is 19.6. The number of carbonyl (C=O) groups excluding carboxylic acids is 1. The number of thiazole rings is 1. The number of rotatable bonds is 6. The highest BCUT2D eigenvalue weighted by Gasteiger charge is 2.16. The topological polar surface area (TPSA) is 88.2 Å². The Balaban J connectivity index is 1.66. The number of aromatic nitrogens is 1. The molecule has 1 amide bonds. The summed E-state index contributed by atoms with van der Waals surface area (Å²) in [6.07, 6.45) is 1.50. The quantitative estimate of drug-likeness (QED) is 0.600. The van der Waals surface area contributed by atoms with Crippen molar-refractivity contribution in [2.75, 3.05) is 4.72 Å². The summed E-state index contributed by atoms with van der Waals surface area (Å²) in [6.45, 7) is 0.223. The van der Waals surface area contributed by atoms with E-state index >= 15 is 0 Å². The van der Waals surface area contributed by atoms with Gasteiger partial charge in [-0.25, -0.2) is 13.4 Å². The summed E-state index contributed by atoms with van der Waals surface area (Å²) in [5.74, 6) is -0.349. The standard InChI is InChI=1S/C17H13Cl2N3O3S2/c18-13-4-1-12(15(19)9-13)10-21-16(23)11-2-5-14(6-3-11)27(24,25)22-17-20-7-8-26-17/h1-9H,10H2,(H,20,22)(H,21,23). The largest absolute Gasteiger partial charge is 0.348 e. The molecule has 140 valence electrons. The summed E-state index contributed by atoms with van der Waals surface area (Å²) in [5, 5.41) is 5.64. The molecule has 0 atom stereocenters.